The fraction of sp³-hybridized carbons (Fsp3) is 0.385. The van der Waals surface area contributed by atoms with Gasteiger partial charge in [0, 0.05) is 20.7 Å². The fourth-order valence-electron chi connectivity index (χ4n) is 3.60. The number of carbonyl (C=O) groups is 2. The molecule has 0 heterocycles. The van der Waals surface area contributed by atoms with Gasteiger partial charge in [-0.3, -0.25) is 14.8 Å². The van der Waals surface area contributed by atoms with Gasteiger partial charge in [-0.2, -0.15) is 0 Å². The summed E-state index contributed by atoms with van der Waals surface area (Å²) in [6.07, 6.45) is 1.45. The van der Waals surface area contributed by atoms with Crippen molar-refractivity contribution in [1.29, 1.82) is 0 Å². The van der Waals surface area contributed by atoms with E-state index in [0.717, 1.165) is 5.56 Å². The first-order valence-electron chi connectivity index (χ1n) is 11.9. The third kappa shape index (κ3) is 9.66. The second kappa shape index (κ2) is 15.6. The Balaban J connectivity index is 2.09. The van der Waals surface area contributed by atoms with Crippen molar-refractivity contribution in [2.45, 2.75) is 31.9 Å². The van der Waals surface area contributed by atoms with Crippen LogP contribution in [0.1, 0.15) is 39.6 Å². The molecular formula is C26H34ClN5O6. The number of methoxy groups -OCH3 is 1. The Morgan fingerprint density at radius 3 is 2.63 bits per heavy atom. The number of carboxylic acid groups (broad SMARTS) is 1. The van der Waals surface area contributed by atoms with Crippen LogP contribution in [0.2, 0.25) is 5.02 Å². The summed E-state index contributed by atoms with van der Waals surface area (Å²) in [5, 5.41) is 38.1. The summed E-state index contributed by atoms with van der Waals surface area (Å²) >= 11 is 6.42. The Hall–Kier alpha value is -3.67. The van der Waals surface area contributed by atoms with Gasteiger partial charge in [0.2, 0.25) is 0 Å². The molecule has 1 amide bonds. The molecule has 0 aliphatic rings. The molecule has 2 atom stereocenters. The van der Waals surface area contributed by atoms with Crippen molar-refractivity contribution in [2.24, 2.45) is 9.98 Å². The minimum Gasteiger partial charge on any atom is -0.508 e. The molecule has 0 radical (unpaired) electrons. The number of aromatic hydroxyl groups is 1. The van der Waals surface area contributed by atoms with E-state index >= 15 is 0 Å². The van der Waals surface area contributed by atoms with Crippen molar-refractivity contribution in [3.63, 3.8) is 0 Å². The maximum absolute atomic E-state index is 13.0. The standard InChI is InChI=1S/C26H34ClN5O6/c1-16-11-17(7-8-22(34)18-5-4-6-19(33)13-18)12-20(27)23(16)24(35)32-21(25(36)37)14-30-26(31-15-28-2)29-9-10-38-3/h4-6,11-13,15,21-22,33-34H,7-10,14H2,1-3H3,(H,32,35)(H,36,37)(H2,28,29,30,31)/t21-,22?/m0/s1. The van der Waals surface area contributed by atoms with Crippen LogP contribution in [0, 0.1) is 6.92 Å². The van der Waals surface area contributed by atoms with Crippen LogP contribution < -0.4 is 16.0 Å². The molecule has 12 heteroatoms. The molecule has 0 saturated carbocycles. The first-order valence-corrected chi connectivity index (χ1v) is 12.3. The van der Waals surface area contributed by atoms with Gasteiger partial charge in [0.15, 0.2) is 5.96 Å². The van der Waals surface area contributed by atoms with Crippen molar-refractivity contribution in [1.82, 2.24) is 16.0 Å². The van der Waals surface area contributed by atoms with Gasteiger partial charge >= 0.3 is 5.97 Å². The number of ether oxygens (including phenoxy) is 1. The number of carboxylic acids is 1. The number of aliphatic imine (C=N–C) groups is 2. The topological polar surface area (TPSA) is 165 Å². The number of benzene rings is 2. The molecule has 11 nitrogen and oxygen atoms in total. The van der Waals surface area contributed by atoms with E-state index in [1.165, 1.54) is 18.5 Å². The number of phenolic OH excluding ortho intramolecular Hbond substituents is 1. The molecule has 2 aromatic carbocycles. The summed E-state index contributed by atoms with van der Waals surface area (Å²) in [7, 11) is 3.12. The number of hydrogen-bond acceptors (Lipinski definition) is 7. The Kier molecular flexibility index (Phi) is 12.5. The van der Waals surface area contributed by atoms with Crippen LogP contribution in [-0.4, -0.2) is 79.4 Å². The summed E-state index contributed by atoms with van der Waals surface area (Å²) in [5.41, 5.74) is 2.12. The summed E-state index contributed by atoms with van der Waals surface area (Å²) in [4.78, 5) is 32.8. The van der Waals surface area contributed by atoms with Crippen LogP contribution in [0.15, 0.2) is 46.4 Å². The summed E-state index contributed by atoms with van der Waals surface area (Å²) in [6, 6.07) is 8.51. The predicted octanol–water partition coefficient (Wildman–Crippen LogP) is 2.04. The van der Waals surface area contributed by atoms with Crippen molar-refractivity contribution in [2.75, 3.05) is 33.9 Å². The number of nitrogens with zero attached hydrogens (tertiary/aromatic N) is 2. The molecule has 0 bridgehead atoms. The Morgan fingerprint density at radius 1 is 1.24 bits per heavy atom. The zero-order valence-corrected chi connectivity index (χ0v) is 22.3. The predicted molar refractivity (Wildman–Crippen MR) is 146 cm³/mol. The maximum Gasteiger partial charge on any atom is 0.328 e. The third-order valence-electron chi connectivity index (χ3n) is 5.50. The number of guanidine groups is 1. The number of aliphatic carboxylic acids is 1. The van der Waals surface area contributed by atoms with Gasteiger partial charge < -0.3 is 36.0 Å². The van der Waals surface area contributed by atoms with Crippen LogP contribution in [0.3, 0.4) is 0 Å². The molecule has 0 aromatic heterocycles. The summed E-state index contributed by atoms with van der Waals surface area (Å²) in [6.45, 7) is 2.29. The quantitative estimate of drug-likeness (QED) is 0.126. The van der Waals surface area contributed by atoms with Gasteiger partial charge in [-0.05, 0) is 54.7 Å². The number of halogens is 1. The molecule has 2 rings (SSSR count). The molecule has 0 spiro atoms. The highest BCUT2D eigenvalue weighted by molar-refractivity contribution is 6.34. The van der Waals surface area contributed by atoms with Crippen molar-refractivity contribution < 1.29 is 29.6 Å². The lowest BCUT2D eigenvalue weighted by atomic mass is 9.98. The van der Waals surface area contributed by atoms with E-state index in [-0.39, 0.29) is 28.8 Å². The highest BCUT2D eigenvalue weighted by Crippen LogP contribution is 2.26. The molecule has 38 heavy (non-hydrogen) atoms. The van der Waals surface area contributed by atoms with Crippen LogP contribution in [0.5, 0.6) is 5.75 Å². The van der Waals surface area contributed by atoms with Gasteiger partial charge in [0.05, 0.1) is 36.2 Å². The van der Waals surface area contributed by atoms with Gasteiger partial charge in [-0.1, -0.05) is 29.8 Å². The second-order valence-corrected chi connectivity index (χ2v) is 8.83. The van der Waals surface area contributed by atoms with E-state index in [1.807, 2.05) is 0 Å². The average molecular weight is 548 g/mol. The molecule has 2 aromatic rings. The van der Waals surface area contributed by atoms with Gasteiger partial charge in [-0.25, -0.2) is 4.79 Å². The molecular weight excluding hydrogens is 514 g/mol. The number of aryl methyl sites for hydroxylation is 2. The summed E-state index contributed by atoms with van der Waals surface area (Å²) in [5.74, 6) is -1.54. The Bertz CT molecular complexity index is 1130. The Labute approximate surface area is 226 Å². The normalized spacial score (nSPS) is 13.2. The van der Waals surface area contributed by atoms with E-state index in [4.69, 9.17) is 16.3 Å². The van der Waals surface area contributed by atoms with E-state index < -0.39 is 24.0 Å². The zero-order valence-electron chi connectivity index (χ0n) is 21.6. The van der Waals surface area contributed by atoms with Crippen molar-refractivity contribution in [3.05, 3.63) is 63.7 Å². The zero-order chi connectivity index (χ0) is 28.1. The van der Waals surface area contributed by atoms with Crippen LogP contribution in [-0.2, 0) is 16.0 Å². The number of amides is 1. The lowest BCUT2D eigenvalue weighted by molar-refractivity contribution is -0.138. The monoisotopic (exact) mass is 547 g/mol. The molecule has 0 fully saturated rings. The maximum atomic E-state index is 13.0. The van der Waals surface area contributed by atoms with Gasteiger partial charge in [-0.15, -0.1) is 0 Å². The Morgan fingerprint density at radius 2 is 2.00 bits per heavy atom. The number of rotatable bonds is 13. The van der Waals surface area contributed by atoms with Crippen LogP contribution in [0.4, 0.5) is 0 Å². The van der Waals surface area contributed by atoms with Crippen molar-refractivity contribution >= 4 is 35.8 Å². The number of aliphatic hydroxyl groups is 1. The van der Waals surface area contributed by atoms with Crippen molar-refractivity contribution in [3.8, 4) is 5.75 Å². The van der Waals surface area contributed by atoms with E-state index in [2.05, 4.69) is 25.9 Å². The van der Waals surface area contributed by atoms with Gasteiger partial charge in [0.25, 0.3) is 5.91 Å². The first kappa shape index (κ1) is 30.6. The number of nitrogens with one attached hydrogen (secondary N) is 3. The second-order valence-electron chi connectivity index (χ2n) is 8.42. The lowest BCUT2D eigenvalue weighted by Crippen LogP contribution is -2.45. The SMILES string of the molecule is CN=CNC(=NC[C@H](NC(=O)c1c(C)cc(CCC(O)c2cccc(O)c2)cc1Cl)C(=O)O)NCCOC. The minimum absolute atomic E-state index is 0.0748. The number of phenols is 1. The molecule has 0 saturated heterocycles. The van der Waals surface area contributed by atoms with E-state index in [9.17, 15) is 24.9 Å². The van der Waals surface area contributed by atoms with Gasteiger partial charge in [0.1, 0.15) is 11.8 Å². The molecule has 1 unspecified atom stereocenters. The fourth-order valence-corrected chi connectivity index (χ4v) is 3.97. The first-order chi connectivity index (χ1) is 18.2. The highest BCUT2D eigenvalue weighted by atomic mass is 35.5. The lowest BCUT2D eigenvalue weighted by Gasteiger charge is -2.17. The minimum atomic E-state index is -1.31. The van der Waals surface area contributed by atoms with E-state index in [0.29, 0.717) is 37.1 Å². The number of carbonyl (C=O) groups excluding carboxylic acids is 1. The third-order valence-corrected chi connectivity index (χ3v) is 5.80. The molecule has 6 N–H and O–H groups in total. The molecule has 0 aliphatic carbocycles. The number of hydrogen-bond donors (Lipinski definition) is 6. The van der Waals surface area contributed by atoms with Crippen LogP contribution >= 0.6 is 11.6 Å². The number of aliphatic hydroxyl groups excluding tert-OH is 1. The largest absolute Gasteiger partial charge is 0.508 e. The summed E-state index contributed by atoms with van der Waals surface area (Å²) < 4.78 is 4.98. The highest BCUT2D eigenvalue weighted by Gasteiger charge is 2.23. The van der Waals surface area contributed by atoms with E-state index in [1.54, 1.807) is 45.3 Å². The molecule has 206 valence electrons. The molecule has 0 aliphatic heterocycles. The smallest absolute Gasteiger partial charge is 0.328 e. The van der Waals surface area contributed by atoms with Crippen LogP contribution in [0.25, 0.3) is 0 Å². The average Bonchev–Trinajstić information content (AvgIpc) is 2.87.